The van der Waals surface area contributed by atoms with Gasteiger partial charge in [-0.2, -0.15) is 12.6 Å². The zero-order chi connectivity index (χ0) is 16.7. The van der Waals surface area contributed by atoms with E-state index in [9.17, 15) is 14.7 Å². The molecule has 0 saturated heterocycles. The molecule has 0 heterocycles. The molecule has 1 saturated carbocycles. The molecule has 0 aliphatic heterocycles. The fourth-order valence-electron chi connectivity index (χ4n) is 3.07. The third-order valence-corrected chi connectivity index (χ3v) is 5.20. The van der Waals surface area contributed by atoms with Gasteiger partial charge in [0.25, 0.3) is 0 Å². The number of rotatable bonds is 7. The van der Waals surface area contributed by atoms with E-state index in [-0.39, 0.29) is 11.9 Å². The predicted molar refractivity (Wildman–Crippen MR) is 90.6 cm³/mol. The third-order valence-electron chi connectivity index (χ3n) is 4.45. The van der Waals surface area contributed by atoms with Crippen molar-refractivity contribution in [1.29, 1.82) is 0 Å². The molecule has 1 aliphatic rings. The van der Waals surface area contributed by atoms with Crippen LogP contribution in [-0.2, 0) is 16.1 Å². The number of carbonyl (C=O) groups excluding carboxylic acids is 1. The first-order chi connectivity index (χ1) is 11.0. The molecule has 2 atom stereocenters. The van der Waals surface area contributed by atoms with Crippen molar-refractivity contribution >= 4 is 24.7 Å². The number of benzene rings is 1. The SMILES string of the molecule is O=C(NCCC[C@@]1(C(=O)O)CCC[C@@H]1S)OCc1ccccc1. The minimum absolute atomic E-state index is 0.106. The maximum atomic E-state index is 11.6. The molecule has 1 amide bonds. The number of amides is 1. The highest BCUT2D eigenvalue weighted by Gasteiger charge is 2.46. The van der Waals surface area contributed by atoms with Gasteiger partial charge in [-0.05, 0) is 31.2 Å². The highest BCUT2D eigenvalue weighted by Crippen LogP contribution is 2.45. The molecule has 0 aromatic heterocycles. The predicted octanol–water partition coefficient (Wildman–Crippen LogP) is 3.25. The molecule has 1 aromatic rings. The molecule has 2 rings (SSSR count). The number of ether oxygens (including phenoxy) is 1. The Morgan fingerprint density at radius 1 is 1.35 bits per heavy atom. The Morgan fingerprint density at radius 3 is 2.70 bits per heavy atom. The Balaban J connectivity index is 1.68. The molecule has 6 heteroatoms. The van der Waals surface area contributed by atoms with Crippen LogP contribution in [0.5, 0.6) is 0 Å². The Labute approximate surface area is 141 Å². The smallest absolute Gasteiger partial charge is 0.407 e. The number of thiol groups is 1. The van der Waals surface area contributed by atoms with Crippen molar-refractivity contribution in [1.82, 2.24) is 5.32 Å². The van der Waals surface area contributed by atoms with Gasteiger partial charge in [0.1, 0.15) is 6.61 Å². The summed E-state index contributed by atoms with van der Waals surface area (Å²) in [6, 6.07) is 9.45. The summed E-state index contributed by atoms with van der Waals surface area (Å²) < 4.78 is 5.11. The number of carbonyl (C=O) groups is 2. The lowest BCUT2D eigenvalue weighted by Gasteiger charge is -2.28. The van der Waals surface area contributed by atoms with Crippen LogP contribution >= 0.6 is 12.6 Å². The summed E-state index contributed by atoms with van der Waals surface area (Å²) in [5.41, 5.74) is 0.176. The molecule has 1 aliphatic carbocycles. The van der Waals surface area contributed by atoms with E-state index in [2.05, 4.69) is 17.9 Å². The highest BCUT2D eigenvalue weighted by atomic mass is 32.1. The van der Waals surface area contributed by atoms with Gasteiger partial charge in [-0.1, -0.05) is 36.8 Å². The monoisotopic (exact) mass is 337 g/mol. The van der Waals surface area contributed by atoms with Crippen LogP contribution in [0.3, 0.4) is 0 Å². The number of hydrogen-bond acceptors (Lipinski definition) is 4. The third kappa shape index (κ3) is 4.64. The van der Waals surface area contributed by atoms with Crippen LogP contribution in [0.4, 0.5) is 4.79 Å². The van der Waals surface area contributed by atoms with E-state index in [1.165, 1.54) is 0 Å². The van der Waals surface area contributed by atoms with Gasteiger partial charge in [0, 0.05) is 11.8 Å². The lowest BCUT2D eigenvalue weighted by atomic mass is 9.81. The number of carboxylic acids is 1. The van der Waals surface area contributed by atoms with E-state index in [4.69, 9.17) is 4.74 Å². The molecule has 0 bridgehead atoms. The number of hydrogen-bond donors (Lipinski definition) is 3. The van der Waals surface area contributed by atoms with Gasteiger partial charge in [0.15, 0.2) is 0 Å². The van der Waals surface area contributed by atoms with Crippen molar-refractivity contribution in [3.8, 4) is 0 Å². The fourth-order valence-corrected chi connectivity index (χ4v) is 3.62. The van der Waals surface area contributed by atoms with Gasteiger partial charge >= 0.3 is 12.1 Å². The Morgan fingerprint density at radius 2 is 2.09 bits per heavy atom. The maximum absolute atomic E-state index is 11.6. The summed E-state index contributed by atoms with van der Waals surface area (Å²) in [5, 5.41) is 12.1. The molecule has 0 spiro atoms. The largest absolute Gasteiger partial charge is 0.481 e. The fraction of sp³-hybridized carbons (Fsp3) is 0.529. The summed E-state index contributed by atoms with van der Waals surface area (Å²) in [6.07, 6.45) is 3.04. The average Bonchev–Trinajstić information content (AvgIpc) is 2.93. The molecule has 0 radical (unpaired) electrons. The second-order valence-electron chi connectivity index (χ2n) is 5.96. The molecule has 0 unspecified atom stereocenters. The standard InChI is InChI=1S/C17H23NO4S/c19-15(20)17(9-4-8-14(17)23)10-5-11-18-16(21)22-12-13-6-2-1-3-7-13/h1-3,6-7,14,23H,4-5,8-12H2,(H,18,21)(H,19,20)/t14-,17-/m0/s1. The highest BCUT2D eigenvalue weighted by molar-refractivity contribution is 7.81. The van der Waals surface area contributed by atoms with E-state index in [0.717, 1.165) is 18.4 Å². The molecule has 1 fully saturated rings. The first kappa shape index (κ1) is 17.7. The van der Waals surface area contributed by atoms with Gasteiger partial charge in [0.2, 0.25) is 0 Å². The lowest BCUT2D eigenvalue weighted by molar-refractivity contribution is -0.148. The Kier molecular flexibility index (Phi) is 6.33. The summed E-state index contributed by atoms with van der Waals surface area (Å²) in [7, 11) is 0. The molecule has 23 heavy (non-hydrogen) atoms. The van der Waals surface area contributed by atoms with Crippen molar-refractivity contribution in [2.45, 2.75) is 44.0 Å². The van der Waals surface area contributed by atoms with Crippen molar-refractivity contribution in [3.63, 3.8) is 0 Å². The van der Waals surface area contributed by atoms with Gasteiger partial charge < -0.3 is 15.2 Å². The number of alkyl carbamates (subject to hydrolysis) is 1. The summed E-state index contributed by atoms with van der Waals surface area (Å²) in [4.78, 5) is 23.2. The van der Waals surface area contributed by atoms with Crippen molar-refractivity contribution in [2.75, 3.05) is 6.54 Å². The van der Waals surface area contributed by atoms with Crippen LogP contribution in [0, 0.1) is 5.41 Å². The van der Waals surface area contributed by atoms with Gasteiger partial charge in [0.05, 0.1) is 5.41 Å². The first-order valence-electron chi connectivity index (χ1n) is 7.90. The molecule has 2 N–H and O–H groups in total. The van der Waals surface area contributed by atoms with Crippen molar-refractivity contribution < 1.29 is 19.4 Å². The second kappa shape index (κ2) is 8.24. The second-order valence-corrected chi connectivity index (χ2v) is 6.58. The van der Waals surface area contributed by atoms with Crippen LogP contribution in [0.1, 0.15) is 37.7 Å². The van der Waals surface area contributed by atoms with E-state index >= 15 is 0 Å². The van der Waals surface area contributed by atoms with E-state index in [1.54, 1.807) is 0 Å². The molecule has 1 aromatic carbocycles. The zero-order valence-electron chi connectivity index (χ0n) is 13.0. The number of carboxylic acid groups (broad SMARTS) is 1. The Hall–Kier alpha value is -1.69. The Bertz CT molecular complexity index is 537. The summed E-state index contributed by atoms with van der Waals surface area (Å²) in [6.45, 7) is 0.633. The van der Waals surface area contributed by atoms with E-state index in [0.29, 0.717) is 25.8 Å². The molecular formula is C17H23NO4S. The van der Waals surface area contributed by atoms with Crippen molar-refractivity contribution in [3.05, 3.63) is 35.9 Å². The van der Waals surface area contributed by atoms with Crippen LogP contribution < -0.4 is 5.32 Å². The van der Waals surface area contributed by atoms with Crippen molar-refractivity contribution in [2.24, 2.45) is 5.41 Å². The van der Waals surface area contributed by atoms with E-state index < -0.39 is 17.5 Å². The lowest BCUT2D eigenvalue weighted by Crippen LogP contribution is -2.36. The maximum Gasteiger partial charge on any atom is 0.407 e. The number of aliphatic carboxylic acids is 1. The normalized spacial score (nSPS) is 23.4. The molecule has 5 nitrogen and oxygen atoms in total. The van der Waals surface area contributed by atoms with Gasteiger partial charge in [-0.15, -0.1) is 0 Å². The van der Waals surface area contributed by atoms with Gasteiger partial charge in [-0.3, -0.25) is 4.79 Å². The van der Waals surface area contributed by atoms with Crippen LogP contribution in [0.15, 0.2) is 30.3 Å². The van der Waals surface area contributed by atoms with Crippen LogP contribution in [0.25, 0.3) is 0 Å². The number of nitrogens with one attached hydrogen (secondary N) is 1. The zero-order valence-corrected chi connectivity index (χ0v) is 13.9. The summed E-state index contributed by atoms with van der Waals surface area (Å²) in [5.74, 6) is -0.776. The molecule has 126 valence electrons. The minimum atomic E-state index is -0.776. The van der Waals surface area contributed by atoms with Crippen LogP contribution in [-0.4, -0.2) is 29.0 Å². The quantitative estimate of drug-likeness (QED) is 0.527. The molecular weight excluding hydrogens is 314 g/mol. The average molecular weight is 337 g/mol. The van der Waals surface area contributed by atoms with Gasteiger partial charge in [-0.25, -0.2) is 4.79 Å². The van der Waals surface area contributed by atoms with Crippen LogP contribution in [0.2, 0.25) is 0 Å². The summed E-state index contributed by atoms with van der Waals surface area (Å²) >= 11 is 4.44. The van der Waals surface area contributed by atoms with E-state index in [1.807, 2.05) is 30.3 Å². The topological polar surface area (TPSA) is 75.6 Å². The minimum Gasteiger partial charge on any atom is -0.481 e. The first-order valence-corrected chi connectivity index (χ1v) is 8.42.